The van der Waals surface area contributed by atoms with Gasteiger partial charge in [0.15, 0.2) is 0 Å². The van der Waals surface area contributed by atoms with Gasteiger partial charge in [0, 0.05) is 23.6 Å². The normalized spacial score (nSPS) is 17.7. The number of rotatable bonds is 5. The van der Waals surface area contributed by atoms with Crippen molar-refractivity contribution in [3.63, 3.8) is 0 Å². The molecule has 1 rings (SSSR count). The standard InChI is InChI=1S/C12H23NOS/c1-12(2,3)15-8-6-13-9-11-5-4-7-14-10-11/h5,13H,4,6-10H2,1-3H3. The zero-order valence-electron chi connectivity index (χ0n) is 10.1. The maximum Gasteiger partial charge on any atom is 0.0689 e. The molecule has 0 atom stereocenters. The highest BCUT2D eigenvalue weighted by molar-refractivity contribution is 8.00. The minimum atomic E-state index is 0.384. The third-order valence-electron chi connectivity index (χ3n) is 2.15. The Labute approximate surface area is 97.8 Å². The molecule has 1 heterocycles. The molecular weight excluding hydrogens is 206 g/mol. The SMILES string of the molecule is CC(C)(C)SCCNCC1=CCCOC1. The van der Waals surface area contributed by atoms with Gasteiger partial charge >= 0.3 is 0 Å². The third kappa shape index (κ3) is 6.98. The van der Waals surface area contributed by atoms with E-state index in [1.54, 1.807) is 0 Å². The molecule has 1 aliphatic heterocycles. The maximum absolute atomic E-state index is 5.38. The topological polar surface area (TPSA) is 21.3 Å². The monoisotopic (exact) mass is 229 g/mol. The zero-order chi connectivity index (χ0) is 11.1. The molecule has 3 heteroatoms. The van der Waals surface area contributed by atoms with Crippen LogP contribution < -0.4 is 5.32 Å². The van der Waals surface area contributed by atoms with E-state index in [1.807, 2.05) is 11.8 Å². The summed E-state index contributed by atoms with van der Waals surface area (Å²) in [4.78, 5) is 0. The van der Waals surface area contributed by atoms with Crippen LogP contribution in [0, 0.1) is 0 Å². The number of nitrogens with one attached hydrogen (secondary N) is 1. The second-order valence-corrected chi connectivity index (χ2v) is 6.76. The van der Waals surface area contributed by atoms with Crippen molar-refractivity contribution in [2.45, 2.75) is 31.9 Å². The van der Waals surface area contributed by atoms with Gasteiger partial charge in [0.25, 0.3) is 0 Å². The Balaban J connectivity index is 1.99. The van der Waals surface area contributed by atoms with Gasteiger partial charge in [0.2, 0.25) is 0 Å². The van der Waals surface area contributed by atoms with Gasteiger partial charge in [0.05, 0.1) is 13.2 Å². The van der Waals surface area contributed by atoms with E-state index in [-0.39, 0.29) is 0 Å². The number of hydrogen-bond acceptors (Lipinski definition) is 3. The number of thioether (sulfide) groups is 1. The molecule has 1 aliphatic rings. The highest BCUT2D eigenvalue weighted by atomic mass is 32.2. The van der Waals surface area contributed by atoms with Crippen LogP contribution in [0.1, 0.15) is 27.2 Å². The molecule has 88 valence electrons. The first kappa shape index (κ1) is 13.1. The molecule has 0 aromatic heterocycles. The lowest BCUT2D eigenvalue weighted by Crippen LogP contribution is -2.24. The Morgan fingerprint density at radius 3 is 2.87 bits per heavy atom. The van der Waals surface area contributed by atoms with Crippen LogP contribution in [0.3, 0.4) is 0 Å². The Hall–Kier alpha value is 0.01000. The molecule has 0 unspecified atom stereocenters. The minimum Gasteiger partial charge on any atom is -0.377 e. The van der Waals surface area contributed by atoms with Crippen molar-refractivity contribution >= 4 is 11.8 Å². The summed E-state index contributed by atoms with van der Waals surface area (Å²) in [6.07, 6.45) is 3.38. The predicted molar refractivity (Wildman–Crippen MR) is 68.6 cm³/mol. The van der Waals surface area contributed by atoms with Crippen LogP contribution in [0.25, 0.3) is 0 Å². The fraction of sp³-hybridized carbons (Fsp3) is 0.833. The van der Waals surface area contributed by atoms with Gasteiger partial charge < -0.3 is 10.1 Å². The van der Waals surface area contributed by atoms with Crippen molar-refractivity contribution < 1.29 is 4.74 Å². The van der Waals surface area contributed by atoms with Crippen molar-refractivity contribution in [2.24, 2.45) is 0 Å². The van der Waals surface area contributed by atoms with Crippen LogP contribution in [-0.2, 0) is 4.74 Å². The molecule has 0 aliphatic carbocycles. The van der Waals surface area contributed by atoms with E-state index in [2.05, 4.69) is 32.2 Å². The van der Waals surface area contributed by atoms with Crippen LogP contribution in [0.5, 0.6) is 0 Å². The first-order chi connectivity index (χ1) is 7.08. The van der Waals surface area contributed by atoms with Crippen molar-refractivity contribution in [1.29, 1.82) is 0 Å². The van der Waals surface area contributed by atoms with E-state index in [9.17, 15) is 0 Å². The molecule has 1 N–H and O–H groups in total. The second-order valence-electron chi connectivity index (χ2n) is 4.84. The molecule has 0 spiro atoms. The van der Waals surface area contributed by atoms with Crippen molar-refractivity contribution in [1.82, 2.24) is 5.32 Å². The Morgan fingerprint density at radius 1 is 1.47 bits per heavy atom. The largest absolute Gasteiger partial charge is 0.377 e. The summed E-state index contributed by atoms with van der Waals surface area (Å²) in [6.45, 7) is 10.6. The van der Waals surface area contributed by atoms with Crippen LogP contribution >= 0.6 is 11.8 Å². The van der Waals surface area contributed by atoms with Gasteiger partial charge in [-0.1, -0.05) is 26.8 Å². The van der Waals surface area contributed by atoms with Gasteiger partial charge in [-0.15, -0.1) is 0 Å². The first-order valence-corrected chi connectivity index (χ1v) is 6.67. The van der Waals surface area contributed by atoms with E-state index < -0.39 is 0 Å². The Kier molecular flexibility index (Phi) is 5.72. The lowest BCUT2D eigenvalue weighted by Gasteiger charge is -2.18. The quantitative estimate of drug-likeness (QED) is 0.578. The maximum atomic E-state index is 5.38. The lowest BCUT2D eigenvalue weighted by atomic mass is 10.2. The number of hydrogen-bond donors (Lipinski definition) is 1. The predicted octanol–water partition coefficient (Wildman–Crippen LogP) is 2.45. The summed E-state index contributed by atoms with van der Waals surface area (Å²) in [5, 5.41) is 3.46. The summed E-state index contributed by atoms with van der Waals surface area (Å²) in [5.41, 5.74) is 1.40. The summed E-state index contributed by atoms with van der Waals surface area (Å²) >= 11 is 2.01. The molecule has 0 saturated heterocycles. The van der Waals surface area contributed by atoms with E-state index in [1.165, 1.54) is 11.3 Å². The van der Waals surface area contributed by atoms with Gasteiger partial charge in [-0.05, 0) is 12.0 Å². The van der Waals surface area contributed by atoms with Gasteiger partial charge in [-0.2, -0.15) is 11.8 Å². The zero-order valence-corrected chi connectivity index (χ0v) is 11.0. The highest BCUT2D eigenvalue weighted by Crippen LogP contribution is 2.21. The fourth-order valence-electron chi connectivity index (χ4n) is 1.41. The molecule has 0 aromatic carbocycles. The van der Waals surface area contributed by atoms with Crippen molar-refractivity contribution in [3.8, 4) is 0 Å². The van der Waals surface area contributed by atoms with Gasteiger partial charge in [-0.25, -0.2) is 0 Å². The summed E-state index contributed by atoms with van der Waals surface area (Å²) in [5.74, 6) is 1.18. The van der Waals surface area contributed by atoms with E-state index in [0.29, 0.717) is 4.75 Å². The molecule has 0 amide bonds. The molecular formula is C12H23NOS. The van der Waals surface area contributed by atoms with Crippen molar-refractivity contribution in [2.75, 3.05) is 32.1 Å². The Morgan fingerprint density at radius 2 is 2.27 bits per heavy atom. The molecule has 0 saturated carbocycles. The lowest BCUT2D eigenvalue weighted by molar-refractivity contribution is 0.149. The summed E-state index contributed by atoms with van der Waals surface area (Å²) in [6, 6.07) is 0. The average Bonchev–Trinajstić information content (AvgIpc) is 2.17. The molecule has 0 aromatic rings. The van der Waals surface area contributed by atoms with Crippen LogP contribution in [-0.4, -0.2) is 36.8 Å². The van der Waals surface area contributed by atoms with Crippen LogP contribution in [0.15, 0.2) is 11.6 Å². The summed E-state index contributed by atoms with van der Waals surface area (Å²) < 4.78 is 5.76. The molecule has 0 fully saturated rings. The van der Waals surface area contributed by atoms with Crippen LogP contribution in [0.4, 0.5) is 0 Å². The minimum absolute atomic E-state index is 0.384. The second kappa shape index (κ2) is 6.56. The van der Waals surface area contributed by atoms with E-state index in [0.717, 1.165) is 32.7 Å². The molecule has 15 heavy (non-hydrogen) atoms. The number of ether oxygens (including phenoxy) is 1. The Bertz CT molecular complexity index is 208. The van der Waals surface area contributed by atoms with Crippen molar-refractivity contribution in [3.05, 3.63) is 11.6 Å². The smallest absolute Gasteiger partial charge is 0.0689 e. The van der Waals surface area contributed by atoms with E-state index in [4.69, 9.17) is 4.74 Å². The first-order valence-electron chi connectivity index (χ1n) is 5.68. The van der Waals surface area contributed by atoms with E-state index >= 15 is 0 Å². The molecule has 0 radical (unpaired) electrons. The summed E-state index contributed by atoms with van der Waals surface area (Å²) in [7, 11) is 0. The fourth-order valence-corrected chi connectivity index (χ4v) is 2.27. The molecule has 2 nitrogen and oxygen atoms in total. The third-order valence-corrected chi connectivity index (χ3v) is 3.42. The van der Waals surface area contributed by atoms with Gasteiger partial charge in [-0.3, -0.25) is 0 Å². The van der Waals surface area contributed by atoms with Gasteiger partial charge in [0.1, 0.15) is 0 Å². The highest BCUT2D eigenvalue weighted by Gasteiger charge is 2.09. The average molecular weight is 229 g/mol. The van der Waals surface area contributed by atoms with Crippen LogP contribution in [0.2, 0.25) is 0 Å². The molecule has 0 bridgehead atoms.